The molecule has 1 aromatic rings. The van der Waals surface area contributed by atoms with Gasteiger partial charge in [0.1, 0.15) is 0 Å². The first-order valence-corrected chi connectivity index (χ1v) is 26.3. The summed E-state index contributed by atoms with van der Waals surface area (Å²) >= 11 is 0. The average molecular weight is 684 g/mol. The Morgan fingerprint density at radius 2 is 1.35 bits per heavy atom. The molecule has 0 aliphatic heterocycles. The molecule has 247 valence electrons. The molecule has 5 radical (unpaired) electrons. The summed E-state index contributed by atoms with van der Waals surface area (Å²) in [5, 5.41) is 7.04. The van der Waals surface area contributed by atoms with Crippen molar-refractivity contribution in [1.29, 1.82) is 0 Å². The zero-order valence-electron chi connectivity index (χ0n) is 29.7. The fourth-order valence-corrected chi connectivity index (χ4v) is 14.1. The van der Waals surface area contributed by atoms with E-state index in [0.717, 1.165) is 60.3 Å². The fraction of sp³-hybridized carbons (Fsp3) is 0.806. The van der Waals surface area contributed by atoms with Crippen LogP contribution in [0.3, 0.4) is 0 Å². The summed E-state index contributed by atoms with van der Waals surface area (Å²) in [6, 6.07) is 3.09. The van der Waals surface area contributed by atoms with Crippen LogP contribution >= 0.6 is 0 Å². The van der Waals surface area contributed by atoms with Crippen molar-refractivity contribution in [3.8, 4) is 0 Å². The van der Waals surface area contributed by atoms with E-state index in [1.54, 1.807) is 47.0 Å². The largest absolute Gasteiger partial charge is 0.500 e. The molecule has 0 heterocycles. The zero-order valence-corrected chi connectivity index (χ0v) is 34.7. The lowest BCUT2D eigenvalue weighted by atomic mass is 9.97. The molecule has 1 rings (SSSR count). The Bertz CT molecular complexity index is 885. The van der Waals surface area contributed by atoms with Gasteiger partial charge in [0.25, 0.3) is 0 Å². The molecule has 0 aliphatic carbocycles. The van der Waals surface area contributed by atoms with Crippen molar-refractivity contribution in [3.05, 3.63) is 16.7 Å². The van der Waals surface area contributed by atoms with E-state index in [0.29, 0.717) is 19.8 Å². The van der Waals surface area contributed by atoms with Gasteiger partial charge < -0.3 is 32.3 Å². The van der Waals surface area contributed by atoms with Crippen LogP contribution in [0.25, 0.3) is 0 Å². The van der Waals surface area contributed by atoms with Crippen LogP contribution in [0.1, 0.15) is 57.7 Å². The summed E-state index contributed by atoms with van der Waals surface area (Å²) in [6.07, 6.45) is 4.30. The van der Waals surface area contributed by atoms with Crippen molar-refractivity contribution < 1.29 is 22.1 Å². The van der Waals surface area contributed by atoms with Gasteiger partial charge in [-0.25, -0.2) is 0 Å². The molecule has 1 aromatic carbocycles. The second kappa shape index (κ2) is 22.4. The summed E-state index contributed by atoms with van der Waals surface area (Å²) in [5.74, 6) is 0. The Morgan fingerprint density at radius 3 is 1.81 bits per heavy atom. The molecular formula is C31H63N2O5Si5. The molecule has 1 N–H and O–H groups in total. The number of hydrogen-bond acceptors (Lipinski definition) is 7. The SMILES string of the molecule is CCO[Si](CCCNC[Si]CCc1c(N(CC)CC)c([Si](C)C)c(CC[Si](OC)OC)c(C)c1[Si](C)C)(OCC)OCC. The maximum Gasteiger partial charge on any atom is 0.500 e. The van der Waals surface area contributed by atoms with Crippen molar-refractivity contribution in [3.63, 3.8) is 0 Å². The first-order valence-electron chi connectivity index (χ1n) is 16.4. The summed E-state index contributed by atoms with van der Waals surface area (Å²) in [6.45, 7) is 28.0. The molecule has 0 bridgehead atoms. The van der Waals surface area contributed by atoms with E-state index in [2.05, 4.69) is 57.2 Å². The normalized spacial score (nSPS) is 12.3. The van der Waals surface area contributed by atoms with Gasteiger partial charge in [-0.15, -0.1) is 0 Å². The average Bonchev–Trinajstić information content (AvgIpc) is 2.96. The summed E-state index contributed by atoms with van der Waals surface area (Å²) < 4.78 is 29.5. The van der Waals surface area contributed by atoms with Crippen molar-refractivity contribution >= 4 is 61.3 Å². The lowest BCUT2D eigenvalue weighted by Gasteiger charge is -2.34. The molecule has 0 fully saturated rings. The predicted octanol–water partition coefficient (Wildman–Crippen LogP) is 4.74. The minimum atomic E-state index is -2.55. The second-order valence-corrected chi connectivity index (χ2v) is 22.3. The van der Waals surface area contributed by atoms with E-state index >= 15 is 0 Å². The second-order valence-electron chi connectivity index (χ2n) is 11.1. The highest BCUT2D eigenvalue weighted by molar-refractivity contribution is 6.75. The topological polar surface area (TPSA) is 61.4 Å². The molecule has 0 spiro atoms. The van der Waals surface area contributed by atoms with Crippen LogP contribution in [0.2, 0.25) is 44.3 Å². The predicted molar refractivity (Wildman–Crippen MR) is 194 cm³/mol. The van der Waals surface area contributed by atoms with E-state index < -0.39 is 35.7 Å². The van der Waals surface area contributed by atoms with Crippen LogP contribution in [-0.4, -0.2) is 105 Å². The Kier molecular flexibility index (Phi) is 21.3. The lowest BCUT2D eigenvalue weighted by Crippen LogP contribution is -2.46. The number of nitrogens with one attached hydrogen (secondary N) is 1. The van der Waals surface area contributed by atoms with E-state index in [1.165, 1.54) is 12.5 Å². The van der Waals surface area contributed by atoms with Gasteiger partial charge in [-0.05, 0) is 101 Å². The van der Waals surface area contributed by atoms with Crippen molar-refractivity contribution in [2.24, 2.45) is 0 Å². The highest BCUT2D eigenvalue weighted by atomic mass is 28.4. The first kappa shape index (κ1) is 40.9. The fourth-order valence-electron chi connectivity index (χ4n) is 6.06. The third-order valence-electron chi connectivity index (χ3n) is 7.80. The summed E-state index contributed by atoms with van der Waals surface area (Å²) in [7, 11) is -0.630. The van der Waals surface area contributed by atoms with Crippen LogP contribution in [0.15, 0.2) is 0 Å². The molecule has 0 saturated heterocycles. The van der Waals surface area contributed by atoms with Gasteiger partial charge in [0.15, 0.2) is 0 Å². The van der Waals surface area contributed by atoms with Gasteiger partial charge in [0, 0.05) is 58.9 Å². The zero-order chi connectivity index (χ0) is 32.4. The standard InChI is InChI=1S/C31H63N2O5Si5/c1-13-33(14-2)29-28(19-22-39-25-32-21-18-24-43(36-15-3,37-16-4)38-17-5)30(40(9)10)26(6)27(31(29)41(11)12)20-23-42(34-7)35-8/h32H,13-25H2,1-12H3. The molecule has 0 saturated carbocycles. The van der Waals surface area contributed by atoms with Crippen molar-refractivity contribution in [1.82, 2.24) is 5.32 Å². The minimum Gasteiger partial charge on any atom is -0.397 e. The van der Waals surface area contributed by atoms with Crippen molar-refractivity contribution in [2.45, 2.75) is 105 Å². The molecular weight excluding hydrogens is 621 g/mol. The van der Waals surface area contributed by atoms with Crippen LogP contribution in [0.4, 0.5) is 5.69 Å². The molecule has 43 heavy (non-hydrogen) atoms. The number of nitrogens with zero attached hydrogens (tertiary/aromatic N) is 1. The van der Waals surface area contributed by atoms with Crippen LogP contribution in [0.5, 0.6) is 0 Å². The number of anilines is 1. The number of benzene rings is 1. The van der Waals surface area contributed by atoms with Crippen LogP contribution in [0, 0.1) is 6.92 Å². The Balaban J connectivity index is 3.13. The number of rotatable bonds is 25. The molecule has 12 heteroatoms. The quantitative estimate of drug-likeness (QED) is 0.118. The number of hydrogen-bond donors (Lipinski definition) is 1. The Labute approximate surface area is 274 Å². The third kappa shape index (κ3) is 12.5. The van der Waals surface area contributed by atoms with Gasteiger partial charge in [-0.2, -0.15) is 0 Å². The molecule has 7 nitrogen and oxygen atoms in total. The smallest absolute Gasteiger partial charge is 0.397 e. The lowest BCUT2D eigenvalue weighted by molar-refractivity contribution is 0.0708. The van der Waals surface area contributed by atoms with E-state index in [1.807, 2.05) is 20.8 Å². The highest BCUT2D eigenvalue weighted by Gasteiger charge is 2.39. The maximum atomic E-state index is 6.02. The van der Waals surface area contributed by atoms with E-state index in [-0.39, 0.29) is 0 Å². The minimum absolute atomic E-state index is 0.639. The molecule has 0 amide bonds. The van der Waals surface area contributed by atoms with Gasteiger partial charge >= 0.3 is 18.1 Å². The molecule has 0 unspecified atom stereocenters. The molecule has 0 atom stereocenters. The first-order chi connectivity index (χ1) is 20.6. The molecule has 0 aromatic heterocycles. The van der Waals surface area contributed by atoms with Gasteiger partial charge in [0.05, 0.1) is 27.1 Å². The van der Waals surface area contributed by atoms with Crippen LogP contribution in [-0.2, 0) is 35.0 Å². The Morgan fingerprint density at radius 1 is 0.791 bits per heavy atom. The monoisotopic (exact) mass is 683 g/mol. The van der Waals surface area contributed by atoms with Crippen molar-refractivity contribution in [2.75, 3.05) is 64.7 Å². The summed E-state index contributed by atoms with van der Waals surface area (Å²) in [4.78, 5) is 2.66. The molecule has 0 aliphatic rings. The van der Waals surface area contributed by atoms with Gasteiger partial charge in [0.2, 0.25) is 0 Å². The van der Waals surface area contributed by atoms with Gasteiger partial charge in [-0.3, -0.25) is 0 Å². The third-order valence-corrected chi connectivity index (χ3v) is 16.8. The maximum absolute atomic E-state index is 6.02. The van der Waals surface area contributed by atoms with Crippen LogP contribution < -0.4 is 20.6 Å². The highest BCUT2D eigenvalue weighted by Crippen LogP contribution is 2.27. The summed E-state index contributed by atoms with van der Waals surface area (Å²) in [5.41, 5.74) is 6.39. The van der Waals surface area contributed by atoms with E-state index in [4.69, 9.17) is 22.1 Å². The van der Waals surface area contributed by atoms with Gasteiger partial charge in [-0.1, -0.05) is 37.4 Å². The Hall–Kier alpha value is -0.136. The van der Waals surface area contributed by atoms with E-state index in [9.17, 15) is 0 Å².